The molecule has 0 radical (unpaired) electrons. The molecule has 0 aliphatic carbocycles. The largest absolute Gasteiger partial charge is 0.481 e. The molecule has 0 spiro atoms. The van der Waals surface area contributed by atoms with Gasteiger partial charge in [-0.05, 0) is 48.1 Å². The number of hydrogen-bond acceptors (Lipinski definition) is 4. The van der Waals surface area contributed by atoms with Crippen LogP contribution in [0.25, 0.3) is 10.1 Å². The molecule has 134 valence electrons. The maximum atomic E-state index is 12.3. The van der Waals surface area contributed by atoms with Gasteiger partial charge in [-0.15, -0.1) is 11.3 Å². The van der Waals surface area contributed by atoms with E-state index in [2.05, 4.69) is 22.8 Å². The van der Waals surface area contributed by atoms with Crippen molar-refractivity contribution in [2.24, 2.45) is 0 Å². The highest BCUT2D eigenvalue weighted by atomic mass is 32.1. The lowest BCUT2D eigenvalue weighted by atomic mass is 9.86. The lowest BCUT2D eigenvalue weighted by Crippen LogP contribution is -2.53. The van der Waals surface area contributed by atoms with Gasteiger partial charge >= 0.3 is 5.97 Å². The molecule has 1 aromatic heterocycles. The van der Waals surface area contributed by atoms with Crippen molar-refractivity contribution in [3.05, 3.63) is 35.2 Å². The van der Waals surface area contributed by atoms with Crippen LogP contribution in [0.1, 0.15) is 37.7 Å². The molecule has 25 heavy (non-hydrogen) atoms. The molecule has 1 amide bonds. The third-order valence-corrected chi connectivity index (χ3v) is 5.77. The molecule has 6 heteroatoms. The van der Waals surface area contributed by atoms with Gasteiger partial charge in [-0.2, -0.15) is 0 Å². The summed E-state index contributed by atoms with van der Waals surface area (Å²) >= 11 is 1.73. The SMILES string of the molecule is O=C(O)CC1(NC(=O)CCCc2csc3ccccc23)CCOCC1. The van der Waals surface area contributed by atoms with Crippen LogP contribution in [0.2, 0.25) is 0 Å². The predicted octanol–water partition coefficient (Wildman–Crippen LogP) is 3.36. The van der Waals surface area contributed by atoms with E-state index >= 15 is 0 Å². The van der Waals surface area contributed by atoms with Crippen molar-refractivity contribution in [1.82, 2.24) is 5.32 Å². The maximum absolute atomic E-state index is 12.3. The first-order valence-electron chi connectivity index (χ1n) is 8.64. The van der Waals surface area contributed by atoms with Crippen molar-refractivity contribution in [1.29, 1.82) is 0 Å². The quantitative estimate of drug-likeness (QED) is 0.793. The number of carbonyl (C=O) groups is 2. The molecule has 0 bridgehead atoms. The fourth-order valence-electron chi connectivity index (χ4n) is 3.42. The number of carbonyl (C=O) groups excluding carboxylic acids is 1. The Kier molecular flexibility index (Phi) is 5.71. The maximum Gasteiger partial charge on any atom is 0.305 e. The summed E-state index contributed by atoms with van der Waals surface area (Å²) in [4.78, 5) is 23.5. The first-order chi connectivity index (χ1) is 12.1. The zero-order valence-corrected chi connectivity index (χ0v) is 14.9. The van der Waals surface area contributed by atoms with Gasteiger partial charge in [-0.25, -0.2) is 0 Å². The number of ether oxygens (including phenoxy) is 1. The summed E-state index contributed by atoms with van der Waals surface area (Å²) in [5.41, 5.74) is 0.621. The van der Waals surface area contributed by atoms with Gasteiger partial charge in [-0.3, -0.25) is 9.59 Å². The minimum atomic E-state index is -0.882. The van der Waals surface area contributed by atoms with Gasteiger partial charge in [-0.1, -0.05) is 18.2 Å². The minimum Gasteiger partial charge on any atom is -0.481 e. The fraction of sp³-hybridized carbons (Fsp3) is 0.474. The molecule has 1 saturated heterocycles. The normalized spacial score (nSPS) is 16.6. The van der Waals surface area contributed by atoms with Crippen LogP contribution in [0.3, 0.4) is 0 Å². The summed E-state index contributed by atoms with van der Waals surface area (Å²) in [5.74, 6) is -0.949. The van der Waals surface area contributed by atoms with Gasteiger partial charge in [0.15, 0.2) is 0 Å². The van der Waals surface area contributed by atoms with Crippen LogP contribution in [-0.4, -0.2) is 35.7 Å². The smallest absolute Gasteiger partial charge is 0.305 e. The molecule has 0 saturated carbocycles. The lowest BCUT2D eigenvalue weighted by molar-refractivity contribution is -0.140. The molecule has 0 atom stereocenters. The van der Waals surface area contributed by atoms with Crippen LogP contribution in [-0.2, 0) is 20.7 Å². The molecular formula is C19H23NO4S. The molecular weight excluding hydrogens is 338 g/mol. The summed E-state index contributed by atoms with van der Waals surface area (Å²) < 4.78 is 6.58. The van der Waals surface area contributed by atoms with E-state index in [9.17, 15) is 9.59 Å². The van der Waals surface area contributed by atoms with E-state index in [-0.39, 0.29) is 12.3 Å². The van der Waals surface area contributed by atoms with E-state index in [4.69, 9.17) is 9.84 Å². The summed E-state index contributed by atoms with van der Waals surface area (Å²) in [6, 6.07) is 8.29. The van der Waals surface area contributed by atoms with Crippen molar-refractivity contribution in [3.8, 4) is 0 Å². The third-order valence-electron chi connectivity index (χ3n) is 4.76. The van der Waals surface area contributed by atoms with Crippen molar-refractivity contribution >= 4 is 33.3 Å². The van der Waals surface area contributed by atoms with Crippen LogP contribution in [0.5, 0.6) is 0 Å². The second-order valence-electron chi connectivity index (χ2n) is 6.62. The number of benzene rings is 1. The number of nitrogens with one attached hydrogen (secondary N) is 1. The van der Waals surface area contributed by atoms with Crippen LogP contribution < -0.4 is 5.32 Å². The highest BCUT2D eigenvalue weighted by Gasteiger charge is 2.36. The highest BCUT2D eigenvalue weighted by molar-refractivity contribution is 7.17. The van der Waals surface area contributed by atoms with Crippen molar-refractivity contribution in [2.45, 2.75) is 44.1 Å². The number of hydrogen-bond donors (Lipinski definition) is 2. The molecule has 1 fully saturated rings. The van der Waals surface area contributed by atoms with E-state index in [1.54, 1.807) is 11.3 Å². The number of fused-ring (bicyclic) bond motifs is 1. The number of thiophene rings is 1. The van der Waals surface area contributed by atoms with E-state index in [1.165, 1.54) is 15.6 Å². The first-order valence-corrected chi connectivity index (χ1v) is 9.52. The van der Waals surface area contributed by atoms with Crippen molar-refractivity contribution in [2.75, 3.05) is 13.2 Å². The number of carboxylic acid groups (broad SMARTS) is 1. The van der Waals surface area contributed by atoms with Gasteiger partial charge < -0.3 is 15.2 Å². The van der Waals surface area contributed by atoms with E-state index in [1.807, 2.05) is 12.1 Å². The van der Waals surface area contributed by atoms with Crippen LogP contribution >= 0.6 is 11.3 Å². The summed E-state index contributed by atoms with van der Waals surface area (Å²) in [6.07, 6.45) is 3.09. The van der Waals surface area contributed by atoms with Gasteiger partial charge in [0.05, 0.1) is 12.0 Å². The average Bonchev–Trinajstić information content (AvgIpc) is 2.98. The molecule has 5 nitrogen and oxygen atoms in total. The van der Waals surface area contributed by atoms with E-state index < -0.39 is 11.5 Å². The Morgan fingerprint density at radius 1 is 1.24 bits per heavy atom. The Morgan fingerprint density at radius 2 is 2.00 bits per heavy atom. The molecule has 1 aromatic carbocycles. The summed E-state index contributed by atoms with van der Waals surface area (Å²) in [6.45, 7) is 0.989. The Balaban J connectivity index is 1.54. The van der Waals surface area contributed by atoms with Gasteiger partial charge in [0.25, 0.3) is 0 Å². The zero-order chi connectivity index (χ0) is 17.7. The van der Waals surface area contributed by atoms with Gasteiger partial charge in [0.2, 0.25) is 5.91 Å². The molecule has 2 N–H and O–H groups in total. The fourth-order valence-corrected chi connectivity index (χ4v) is 4.42. The summed E-state index contributed by atoms with van der Waals surface area (Å²) in [7, 11) is 0. The number of aryl methyl sites for hydroxylation is 1. The molecule has 2 heterocycles. The second-order valence-corrected chi connectivity index (χ2v) is 7.53. The molecule has 3 rings (SSSR count). The summed E-state index contributed by atoms with van der Waals surface area (Å²) in [5, 5.41) is 15.6. The monoisotopic (exact) mass is 361 g/mol. The van der Waals surface area contributed by atoms with Crippen LogP contribution in [0, 0.1) is 0 Å². The Morgan fingerprint density at radius 3 is 2.76 bits per heavy atom. The van der Waals surface area contributed by atoms with Crippen molar-refractivity contribution in [3.63, 3.8) is 0 Å². The third kappa shape index (κ3) is 4.58. The van der Waals surface area contributed by atoms with Gasteiger partial charge in [0, 0.05) is 24.3 Å². The first kappa shape index (κ1) is 17.9. The minimum absolute atomic E-state index is 0.0444. The zero-order valence-electron chi connectivity index (χ0n) is 14.1. The van der Waals surface area contributed by atoms with Crippen LogP contribution in [0.4, 0.5) is 0 Å². The number of aliphatic carboxylic acids is 1. The Hall–Kier alpha value is -1.92. The number of rotatable bonds is 7. The van der Waals surface area contributed by atoms with Gasteiger partial charge in [0.1, 0.15) is 0 Å². The highest BCUT2D eigenvalue weighted by Crippen LogP contribution is 2.27. The molecule has 2 aromatic rings. The standard InChI is InChI=1S/C19H23NO4S/c21-17(20-19(12-18(22)23)8-10-24-11-9-19)7-3-4-14-13-25-16-6-2-1-5-15(14)16/h1-2,5-6,13H,3-4,7-12H2,(H,20,21)(H,22,23). The molecule has 1 aliphatic rings. The topological polar surface area (TPSA) is 75.6 Å². The number of amides is 1. The van der Waals surface area contributed by atoms with Crippen LogP contribution in [0.15, 0.2) is 29.6 Å². The van der Waals surface area contributed by atoms with E-state index in [0.717, 1.165) is 12.8 Å². The Labute approximate surface area is 151 Å². The Bertz CT molecular complexity index is 749. The van der Waals surface area contributed by atoms with E-state index in [0.29, 0.717) is 32.5 Å². The molecule has 0 unspecified atom stereocenters. The number of carboxylic acids is 1. The average molecular weight is 361 g/mol. The van der Waals surface area contributed by atoms with Crippen molar-refractivity contribution < 1.29 is 19.4 Å². The second kappa shape index (κ2) is 7.97. The lowest BCUT2D eigenvalue weighted by Gasteiger charge is -2.36. The predicted molar refractivity (Wildman–Crippen MR) is 97.9 cm³/mol. The molecule has 1 aliphatic heterocycles.